The molecule has 2 heterocycles. The number of carbonyl (C=O) groups is 1. The van der Waals surface area contributed by atoms with E-state index in [1.807, 2.05) is 6.07 Å². The third-order valence-corrected chi connectivity index (χ3v) is 5.86. The number of ether oxygens (including phenoxy) is 2. The molecule has 1 aliphatic rings. The van der Waals surface area contributed by atoms with Crippen LogP contribution in [0, 0.1) is 0 Å². The van der Waals surface area contributed by atoms with Gasteiger partial charge >= 0.3 is 0 Å². The van der Waals surface area contributed by atoms with Crippen LogP contribution in [0.3, 0.4) is 0 Å². The van der Waals surface area contributed by atoms with Crippen molar-refractivity contribution in [3.8, 4) is 5.75 Å². The second-order valence-corrected chi connectivity index (χ2v) is 6.83. The van der Waals surface area contributed by atoms with Crippen molar-refractivity contribution in [2.75, 3.05) is 20.3 Å². The summed E-state index contributed by atoms with van der Waals surface area (Å²) in [5.74, 6) is 0.370. The summed E-state index contributed by atoms with van der Waals surface area (Å²) < 4.78 is 11.4. The Kier molecular flexibility index (Phi) is 4.78. The Hall–Kier alpha value is -1.01. The molecule has 1 N–H and O–H groups in total. The maximum atomic E-state index is 12.3. The zero-order valence-electron chi connectivity index (χ0n) is 11.9. The highest BCUT2D eigenvalue weighted by molar-refractivity contribution is 7.22. The normalized spacial score (nSPS) is 17.9. The Morgan fingerprint density at radius 3 is 2.95 bits per heavy atom. The number of carbonyl (C=O) groups excluding carboxylic acids is 1. The molecule has 0 spiro atoms. The molecular weight excluding hydrogens is 345 g/mol. The van der Waals surface area contributed by atoms with Gasteiger partial charge in [0.05, 0.1) is 22.9 Å². The summed E-state index contributed by atoms with van der Waals surface area (Å²) in [6, 6.07) is 3.56. The molecule has 2 aromatic rings. The molecule has 1 fully saturated rings. The van der Waals surface area contributed by atoms with E-state index >= 15 is 0 Å². The van der Waals surface area contributed by atoms with Gasteiger partial charge in [0.25, 0.3) is 5.91 Å². The third kappa shape index (κ3) is 2.91. The summed E-state index contributed by atoms with van der Waals surface area (Å²) in [4.78, 5) is 12.8. The minimum absolute atomic E-state index is 0.0979. The fraction of sp³-hybridized carbons (Fsp3) is 0.400. The van der Waals surface area contributed by atoms with Crippen molar-refractivity contribution in [1.29, 1.82) is 0 Å². The van der Waals surface area contributed by atoms with Crippen molar-refractivity contribution in [1.82, 2.24) is 5.32 Å². The largest absolute Gasteiger partial charge is 0.495 e. The maximum Gasteiger partial charge on any atom is 0.263 e. The summed E-state index contributed by atoms with van der Waals surface area (Å²) in [5.41, 5.74) is 0. The van der Waals surface area contributed by atoms with Gasteiger partial charge in [0.2, 0.25) is 0 Å². The fourth-order valence-corrected chi connectivity index (χ4v) is 4.29. The highest BCUT2D eigenvalue weighted by atomic mass is 35.5. The van der Waals surface area contributed by atoms with E-state index < -0.39 is 0 Å². The SMILES string of the molecule is COc1ccc2c(Cl)c(C(=O)NC[C@@H]3CCCO3)sc2c1Cl. The number of rotatable bonds is 4. The number of thiophene rings is 1. The summed E-state index contributed by atoms with van der Waals surface area (Å²) in [7, 11) is 1.55. The van der Waals surface area contributed by atoms with E-state index in [1.54, 1.807) is 13.2 Å². The third-order valence-electron chi connectivity index (χ3n) is 3.64. The minimum atomic E-state index is -0.197. The zero-order valence-corrected chi connectivity index (χ0v) is 14.3. The summed E-state index contributed by atoms with van der Waals surface area (Å²) in [5, 5.41) is 4.54. The lowest BCUT2D eigenvalue weighted by Crippen LogP contribution is -2.31. The number of fused-ring (bicyclic) bond motifs is 1. The van der Waals surface area contributed by atoms with Gasteiger partial charge < -0.3 is 14.8 Å². The van der Waals surface area contributed by atoms with E-state index in [0.717, 1.165) is 29.5 Å². The first-order chi connectivity index (χ1) is 10.6. The molecule has 4 nitrogen and oxygen atoms in total. The highest BCUT2D eigenvalue weighted by Gasteiger charge is 2.22. The van der Waals surface area contributed by atoms with Crippen molar-refractivity contribution < 1.29 is 14.3 Å². The molecule has 0 unspecified atom stereocenters. The molecule has 0 saturated carbocycles. The fourth-order valence-electron chi connectivity index (χ4n) is 2.48. The molecule has 22 heavy (non-hydrogen) atoms. The average Bonchev–Trinajstić information content (AvgIpc) is 3.14. The van der Waals surface area contributed by atoms with E-state index in [9.17, 15) is 4.79 Å². The number of halogens is 2. The lowest BCUT2D eigenvalue weighted by atomic mass is 10.2. The number of hydrogen-bond donors (Lipinski definition) is 1. The van der Waals surface area contributed by atoms with Gasteiger partial charge in [0, 0.05) is 18.5 Å². The van der Waals surface area contributed by atoms with Gasteiger partial charge in [-0.05, 0) is 25.0 Å². The standard InChI is InChI=1S/C15H15Cl2NO3S/c1-20-10-5-4-9-11(16)14(22-13(9)12(10)17)15(19)18-7-8-3-2-6-21-8/h4-5,8H,2-3,6-7H2,1H3,(H,18,19)/t8-/m0/s1. The lowest BCUT2D eigenvalue weighted by molar-refractivity contribution is 0.0861. The van der Waals surface area contributed by atoms with Crippen LogP contribution in [-0.4, -0.2) is 32.3 Å². The quantitative estimate of drug-likeness (QED) is 0.892. The average molecular weight is 360 g/mol. The predicted octanol–water partition coefficient (Wildman–Crippen LogP) is 4.13. The van der Waals surface area contributed by atoms with Crippen molar-refractivity contribution in [3.05, 3.63) is 27.1 Å². The van der Waals surface area contributed by atoms with Crippen LogP contribution in [0.4, 0.5) is 0 Å². The van der Waals surface area contributed by atoms with E-state index in [-0.39, 0.29) is 12.0 Å². The van der Waals surface area contributed by atoms with Crippen LogP contribution in [0.1, 0.15) is 22.5 Å². The van der Waals surface area contributed by atoms with Crippen molar-refractivity contribution in [3.63, 3.8) is 0 Å². The Labute approximate surface area is 142 Å². The maximum absolute atomic E-state index is 12.3. The smallest absolute Gasteiger partial charge is 0.263 e. The Bertz CT molecular complexity index is 710. The first kappa shape index (κ1) is 15.9. The van der Waals surface area contributed by atoms with Crippen LogP contribution in [0.5, 0.6) is 5.75 Å². The molecule has 0 radical (unpaired) electrons. The molecule has 7 heteroatoms. The van der Waals surface area contributed by atoms with Crippen LogP contribution in [-0.2, 0) is 4.74 Å². The topological polar surface area (TPSA) is 47.6 Å². The molecule has 1 saturated heterocycles. The van der Waals surface area contributed by atoms with E-state index in [4.69, 9.17) is 32.7 Å². The summed E-state index contributed by atoms with van der Waals surface area (Å²) in [6.07, 6.45) is 2.11. The van der Waals surface area contributed by atoms with Crippen molar-refractivity contribution >= 4 is 50.5 Å². The molecule has 1 aliphatic heterocycles. The number of hydrogen-bond acceptors (Lipinski definition) is 4. The molecule has 1 aromatic carbocycles. The number of benzene rings is 1. The molecule has 1 atom stereocenters. The second-order valence-electron chi connectivity index (χ2n) is 5.05. The Balaban J connectivity index is 1.85. The van der Waals surface area contributed by atoms with Crippen LogP contribution in [0.15, 0.2) is 12.1 Å². The van der Waals surface area contributed by atoms with Crippen LogP contribution in [0.2, 0.25) is 10.0 Å². The van der Waals surface area contributed by atoms with Gasteiger partial charge in [0.15, 0.2) is 0 Å². The molecule has 3 rings (SSSR count). The Morgan fingerprint density at radius 1 is 1.45 bits per heavy atom. The van der Waals surface area contributed by atoms with Gasteiger partial charge in [-0.1, -0.05) is 23.2 Å². The molecule has 118 valence electrons. The molecular formula is C15H15Cl2NO3S. The van der Waals surface area contributed by atoms with Crippen LogP contribution in [0.25, 0.3) is 10.1 Å². The molecule has 1 amide bonds. The van der Waals surface area contributed by atoms with Gasteiger partial charge in [-0.2, -0.15) is 0 Å². The summed E-state index contributed by atoms with van der Waals surface area (Å²) >= 11 is 13.9. The van der Waals surface area contributed by atoms with Gasteiger partial charge in [-0.15, -0.1) is 11.3 Å². The van der Waals surface area contributed by atoms with Crippen LogP contribution >= 0.6 is 34.5 Å². The lowest BCUT2D eigenvalue weighted by Gasteiger charge is -2.09. The molecule has 0 aliphatic carbocycles. The van der Waals surface area contributed by atoms with E-state index in [0.29, 0.717) is 27.2 Å². The monoisotopic (exact) mass is 359 g/mol. The van der Waals surface area contributed by atoms with E-state index in [1.165, 1.54) is 11.3 Å². The van der Waals surface area contributed by atoms with Crippen LogP contribution < -0.4 is 10.1 Å². The van der Waals surface area contributed by atoms with Gasteiger partial charge in [-0.25, -0.2) is 0 Å². The predicted molar refractivity (Wildman–Crippen MR) is 89.7 cm³/mol. The van der Waals surface area contributed by atoms with Gasteiger partial charge in [-0.3, -0.25) is 4.79 Å². The first-order valence-corrected chi connectivity index (χ1v) is 8.53. The minimum Gasteiger partial charge on any atom is -0.495 e. The summed E-state index contributed by atoms with van der Waals surface area (Å²) in [6.45, 7) is 1.26. The zero-order chi connectivity index (χ0) is 15.7. The number of nitrogens with one attached hydrogen (secondary N) is 1. The van der Waals surface area contributed by atoms with Crippen molar-refractivity contribution in [2.45, 2.75) is 18.9 Å². The highest BCUT2D eigenvalue weighted by Crippen LogP contribution is 2.42. The van der Waals surface area contributed by atoms with Gasteiger partial charge in [0.1, 0.15) is 15.6 Å². The first-order valence-electron chi connectivity index (χ1n) is 6.96. The van der Waals surface area contributed by atoms with E-state index in [2.05, 4.69) is 5.32 Å². The Morgan fingerprint density at radius 2 is 2.27 bits per heavy atom. The molecule has 0 bridgehead atoms. The second kappa shape index (κ2) is 6.62. The number of methoxy groups -OCH3 is 1. The number of amides is 1. The molecule has 1 aromatic heterocycles. The van der Waals surface area contributed by atoms with Crippen molar-refractivity contribution in [2.24, 2.45) is 0 Å².